The highest BCUT2D eigenvalue weighted by Crippen LogP contribution is 2.22. The van der Waals surface area contributed by atoms with Gasteiger partial charge in [0.2, 0.25) is 5.91 Å². The molecule has 1 fully saturated rings. The lowest BCUT2D eigenvalue weighted by molar-refractivity contribution is -0.139. The summed E-state index contributed by atoms with van der Waals surface area (Å²) in [6, 6.07) is 0.137. The lowest BCUT2D eigenvalue weighted by atomic mass is 9.98. The number of hydrogen-bond acceptors (Lipinski definition) is 3. The molecule has 0 aromatic rings. The fourth-order valence-corrected chi connectivity index (χ4v) is 3.60. The van der Waals surface area contributed by atoms with Crippen molar-refractivity contribution in [3.8, 4) is 0 Å². The van der Waals surface area contributed by atoms with Crippen molar-refractivity contribution in [3.63, 3.8) is 0 Å². The van der Waals surface area contributed by atoms with Crippen LogP contribution in [0.1, 0.15) is 52.4 Å². The molecule has 0 saturated carbocycles. The van der Waals surface area contributed by atoms with E-state index < -0.39 is 5.97 Å². The number of likely N-dealkylation sites (tertiary alicyclic amines) is 1. The topological polar surface area (TPSA) is 57.6 Å². The van der Waals surface area contributed by atoms with E-state index in [1.807, 2.05) is 4.90 Å². The molecular formula is C15H27NO3S. The van der Waals surface area contributed by atoms with Crippen LogP contribution in [0.3, 0.4) is 0 Å². The second-order valence-electron chi connectivity index (χ2n) is 5.90. The lowest BCUT2D eigenvalue weighted by Crippen LogP contribution is -2.44. The van der Waals surface area contributed by atoms with Gasteiger partial charge >= 0.3 is 5.97 Å². The SMILES string of the molecule is CC(C)CCSCC(=O)N1CCCCC1CCC(=O)O. The summed E-state index contributed by atoms with van der Waals surface area (Å²) in [5.41, 5.74) is 0. The number of aliphatic carboxylic acids is 1. The summed E-state index contributed by atoms with van der Waals surface area (Å²) in [5.74, 6) is 1.66. The number of piperidine rings is 1. The van der Waals surface area contributed by atoms with Gasteiger partial charge in [-0.25, -0.2) is 0 Å². The number of nitrogens with zero attached hydrogens (tertiary/aromatic N) is 1. The van der Waals surface area contributed by atoms with Crippen LogP contribution in [0.25, 0.3) is 0 Å². The molecule has 20 heavy (non-hydrogen) atoms. The van der Waals surface area contributed by atoms with Crippen LogP contribution in [-0.4, -0.2) is 46.0 Å². The smallest absolute Gasteiger partial charge is 0.303 e. The van der Waals surface area contributed by atoms with Crippen molar-refractivity contribution < 1.29 is 14.7 Å². The predicted octanol–water partition coefficient (Wildman–Crippen LogP) is 3.01. The first-order valence-corrected chi connectivity index (χ1v) is 8.75. The standard InChI is InChI=1S/C15H27NO3S/c1-12(2)8-10-20-11-14(17)16-9-4-3-5-13(16)6-7-15(18)19/h12-13H,3-11H2,1-2H3,(H,18,19). The van der Waals surface area contributed by atoms with E-state index in [1.165, 1.54) is 0 Å². The van der Waals surface area contributed by atoms with Crippen LogP contribution < -0.4 is 0 Å². The highest BCUT2D eigenvalue weighted by Gasteiger charge is 2.26. The van der Waals surface area contributed by atoms with E-state index in [2.05, 4.69) is 13.8 Å². The Morgan fingerprint density at radius 1 is 1.35 bits per heavy atom. The van der Waals surface area contributed by atoms with Gasteiger partial charge in [-0.05, 0) is 43.8 Å². The van der Waals surface area contributed by atoms with Gasteiger partial charge in [0.1, 0.15) is 0 Å². The maximum absolute atomic E-state index is 12.3. The average molecular weight is 301 g/mol. The second-order valence-corrected chi connectivity index (χ2v) is 7.01. The fourth-order valence-electron chi connectivity index (χ4n) is 2.48. The fraction of sp³-hybridized carbons (Fsp3) is 0.867. The quantitative estimate of drug-likeness (QED) is 0.700. The number of carboxylic acids is 1. The Hall–Kier alpha value is -0.710. The van der Waals surface area contributed by atoms with E-state index in [4.69, 9.17) is 5.11 Å². The largest absolute Gasteiger partial charge is 0.481 e. The molecule has 0 spiro atoms. The molecule has 116 valence electrons. The van der Waals surface area contributed by atoms with Gasteiger partial charge in [0, 0.05) is 19.0 Å². The van der Waals surface area contributed by atoms with Crippen molar-refractivity contribution in [3.05, 3.63) is 0 Å². The monoisotopic (exact) mass is 301 g/mol. The van der Waals surface area contributed by atoms with Crippen molar-refractivity contribution in [2.45, 2.75) is 58.4 Å². The molecule has 0 aliphatic carbocycles. The minimum Gasteiger partial charge on any atom is -0.481 e. The molecule has 0 aromatic heterocycles. The summed E-state index contributed by atoms with van der Waals surface area (Å²) >= 11 is 1.70. The molecule has 0 radical (unpaired) electrons. The summed E-state index contributed by atoms with van der Waals surface area (Å²) in [7, 11) is 0. The number of amides is 1. The third kappa shape index (κ3) is 6.64. The predicted molar refractivity (Wildman–Crippen MR) is 83.0 cm³/mol. The molecule has 1 N–H and O–H groups in total. The zero-order valence-electron chi connectivity index (χ0n) is 12.6. The van der Waals surface area contributed by atoms with E-state index in [9.17, 15) is 9.59 Å². The Morgan fingerprint density at radius 3 is 2.75 bits per heavy atom. The second kappa shape index (κ2) is 9.27. The summed E-state index contributed by atoms with van der Waals surface area (Å²) in [4.78, 5) is 24.9. The number of hydrogen-bond donors (Lipinski definition) is 1. The molecule has 1 saturated heterocycles. The molecule has 1 unspecified atom stereocenters. The molecule has 0 bridgehead atoms. The summed E-state index contributed by atoms with van der Waals surface area (Å²) in [6.45, 7) is 5.18. The van der Waals surface area contributed by atoms with Gasteiger partial charge in [-0.2, -0.15) is 11.8 Å². The Labute approximate surface area is 126 Å². The van der Waals surface area contributed by atoms with Crippen LogP contribution in [0.15, 0.2) is 0 Å². The Balaban J connectivity index is 2.35. The number of rotatable bonds is 8. The van der Waals surface area contributed by atoms with E-state index in [1.54, 1.807) is 11.8 Å². The molecular weight excluding hydrogens is 274 g/mol. The van der Waals surface area contributed by atoms with Gasteiger partial charge in [0.25, 0.3) is 0 Å². The first-order chi connectivity index (χ1) is 9.50. The maximum atomic E-state index is 12.3. The number of carbonyl (C=O) groups is 2. The zero-order chi connectivity index (χ0) is 15.0. The lowest BCUT2D eigenvalue weighted by Gasteiger charge is -2.35. The van der Waals surface area contributed by atoms with E-state index in [0.717, 1.165) is 38.0 Å². The van der Waals surface area contributed by atoms with Crippen molar-refractivity contribution >= 4 is 23.6 Å². The van der Waals surface area contributed by atoms with E-state index >= 15 is 0 Å². The summed E-state index contributed by atoms with van der Waals surface area (Å²) in [6.07, 6.45) is 5.00. The first kappa shape index (κ1) is 17.3. The van der Waals surface area contributed by atoms with Crippen molar-refractivity contribution in [2.75, 3.05) is 18.1 Å². The first-order valence-electron chi connectivity index (χ1n) is 7.59. The Bertz CT molecular complexity index is 320. The molecule has 5 heteroatoms. The molecule has 1 atom stereocenters. The van der Waals surface area contributed by atoms with E-state index in [0.29, 0.717) is 18.1 Å². The van der Waals surface area contributed by atoms with Gasteiger partial charge < -0.3 is 10.0 Å². The molecule has 1 amide bonds. The zero-order valence-corrected chi connectivity index (χ0v) is 13.5. The highest BCUT2D eigenvalue weighted by atomic mass is 32.2. The molecule has 1 aliphatic heterocycles. The summed E-state index contributed by atoms with van der Waals surface area (Å²) < 4.78 is 0. The molecule has 1 aliphatic rings. The van der Waals surface area contributed by atoms with Crippen LogP contribution in [0.5, 0.6) is 0 Å². The molecule has 4 nitrogen and oxygen atoms in total. The highest BCUT2D eigenvalue weighted by molar-refractivity contribution is 7.99. The van der Waals surface area contributed by atoms with Gasteiger partial charge in [-0.15, -0.1) is 0 Å². The number of thioether (sulfide) groups is 1. The van der Waals surface area contributed by atoms with Crippen molar-refractivity contribution in [2.24, 2.45) is 5.92 Å². The van der Waals surface area contributed by atoms with Gasteiger partial charge in [-0.3, -0.25) is 9.59 Å². The summed E-state index contributed by atoms with van der Waals surface area (Å²) in [5, 5.41) is 8.79. The number of carbonyl (C=O) groups excluding carboxylic acids is 1. The Kier molecular flexibility index (Phi) is 8.04. The van der Waals surface area contributed by atoms with Crippen molar-refractivity contribution in [1.82, 2.24) is 4.90 Å². The third-order valence-electron chi connectivity index (χ3n) is 3.70. The molecule has 1 rings (SSSR count). The van der Waals surface area contributed by atoms with Crippen LogP contribution in [0.4, 0.5) is 0 Å². The van der Waals surface area contributed by atoms with Crippen LogP contribution in [0, 0.1) is 5.92 Å². The van der Waals surface area contributed by atoms with Crippen LogP contribution >= 0.6 is 11.8 Å². The third-order valence-corrected chi connectivity index (χ3v) is 4.68. The molecule has 1 heterocycles. The Morgan fingerprint density at radius 2 is 2.10 bits per heavy atom. The maximum Gasteiger partial charge on any atom is 0.303 e. The average Bonchev–Trinajstić information content (AvgIpc) is 2.41. The van der Waals surface area contributed by atoms with Gasteiger partial charge in [0.15, 0.2) is 0 Å². The van der Waals surface area contributed by atoms with Gasteiger partial charge in [0.05, 0.1) is 5.75 Å². The normalized spacial score (nSPS) is 19.4. The van der Waals surface area contributed by atoms with Gasteiger partial charge in [-0.1, -0.05) is 13.8 Å². The van der Waals surface area contributed by atoms with Crippen molar-refractivity contribution in [1.29, 1.82) is 0 Å². The molecule has 0 aromatic carbocycles. The van der Waals surface area contributed by atoms with Crippen LogP contribution in [-0.2, 0) is 9.59 Å². The van der Waals surface area contributed by atoms with E-state index in [-0.39, 0.29) is 18.4 Å². The number of carboxylic acid groups (broad SMARTS) is 1. The van der Waals surface area contributed by atoms with Crippen LogP contribution in [0.2, 0.25) is 0 Å². The minimum absolute atomic E-state index is 0.137. The minimum atomic E-state index is -0.769.